The van der Waals surface area contributed by atoms with E-state index in [4.69, 9.17) is 0 Å². The van der Waals surface area contributed by atoms with Gasteiger partial charge in [0, 0.05) is 19.1 Å². The van der Waals surface area contributed by atoms with Crippen molar-refractivity contribution in [3.63, 3.8) is 0 Å². The summed E-state index contributed by atoms with van der Waals surface area (Å²) in [5, 5.41) is 3.38. The van der Waals surface area contributed by atoms with Crippen LogP contribution in [0, 0.1) is 12.7 Å². The molecule has 0 bridgehead atoms. The molecule has 1 atom stereocenters. The Balaban J connectivity index is 2.48. The molecule has 0 radical (unpaired) electrons. The predicted molar refractivity (Wildman–Crippen MR) is 66.0 cm³/mol. The number of benzene rings is 1. The summed E-state index contributed by atoms with van der Waals surface area (Å²) in [5.74, 6) is -0.155. The fourth-order valence-corrected chi connectivity index (χ4v) is 1.82. The predicted octanol–water partition coefficient (Wildman–Crippen LogP) is 2.17. The van der Waals surface area contributed by atoms with Gasteiger partial charge in [-0.05, 0) is 51.2 Å². The van der Waals surface area contributed by atoms with Crippen LogP contribution in [0.1, 0.15) is 18.1 Å². The summed E-state index contributed by atoms with van der Waals surface area (Å²) in [5.41, 5.74) is 1.97. The molecule has 0 saturated carbocycles. The van der Waals surface area contributed by atoms with Crippen LogP contribution in [-0.4, -0.2) is 31.6 Å². The van der Waals surface area contributed by atoms with Crippen molar-refractivity contribution in [2.24, 2.45) is 0 Å². The molecule has 0 spiro atoms. The lowest BCUT2D eigenvalue weighted by atomic mass is 10.1. The molecular weight excluding hydrogens is 203 g/mol. The third-order valence-electron chi connectivity index (χ3n) is 2.40. The molecule has 0 heterocycles. The van der Waals surface area contributed by atoms with Crippen molar-refractivity contribution >= 4 is 0 Å². The van der Waals surface area contributed by atoms with Gasteiger partial charge in [0.2, 0.25) is 0 Å². The number of nitrogens with zero attached hydrogens (tertiary/aromatic N) is 1. The highest BCUT2D eigenvalue weighted by Gasteiger charge is 2.03. The lowest BCUT2D eigenvalue weighted by Crippen LogP contribution is -2.35. The Bertz CT molecular complexity index is 316. The summed E-state index contributed by atoms with van der Waals surface area (Å²) in [6.45, 7) is 5.74. The molecule has 0 aromatic heterocycles. The van der Waals surface area contributed by atoms with E-state index < -0.39 is 0 Å². The lowest BCUT2D eigenvalue weighted by molar-refractivity contribution is 0.349. The molecule has 0 aliphatic heterocycles. The zero-order chi connectivity index (χ0) is 12.1. The monoisotopic (exact) mass is 224 g/mol. The first-order valence-corrected chi connectivity index (χ1v) is 5.61. The molecule has 1 aromatic rings. The third-order valence-corrected chi connectivity index (χ3v) is 2.40. The molecule has 90 valence electrons. The molecule has 0 fully saturated rings. The maximum Gasteiger partial charge on any atom is 0.123 e. The van der Waals surface area contributed by atoms with Gasteiger partial charge in [-0.1, -0.05) is 6.07 Å². The van der Waals surface area contributed by atoms with E-state index in [1.54, 1.807) is 12.1 Å². The second kappa shape index (κ2) is 5.97. The molecule has 0 aliphatic carbocycles. The molecule has 0 amide bonds. The first kappa shape index (κ1) is 13.1. The van der Waals surface area contributed by atoms with Gasteiger partial charge in [0.15, 0.2) is 0 Å². The van der Waals surface area contributed by atoms with Gasteiger partial charge in [-0.15, -0.1) is 0 Å². The summed E-state index contributed by atoms with van der Waals surface area (Å²) in [6, 6.07) is 5.55. The van der Waals surface area contributed by atoms with Gasteiger partial charge in [0.05, 0.1) is 0 Å². The van der Waals surface area contributed by atoms with Gasteiger partial charge in [-0.3, -0.25) is 0 Å². The van der Waals surface area contributed by atoms with Crippen LogP contribution in [0.15, 0.2) is 18.2 Å². The summed E-state index contributed by atoms with van der Waals surface area (Å²) < 4.78 is 13.1. The van der Waals surface area contributed by atoms with Crippen molar-refractivity contribution < 1.29 is 4.39 Å². The number of likely N-dealkylation sites (N-methyl/N-ethyl adjacent to an activating group) is 1. The smallest absolute Gasteiger partial charge is 0.123 e. The van der Waals surface area contributed by atoms with Crippen LogP contribution in [0.4, 0.5) is 4.39 Å². The Morgan fingerprint density at radius 1 is 1.31 bits per heavy atom. The van der Waals surface area contributed by atoms with E-state index in [1.807, 2.05) is 27.1 Å². The Morgan fingerprint density at radius 2 is 2.00 bits per heavy atom. The number of halogens is 1. The van der Waals surface area contributed by atoms with E-state index in [9.17, 15) is 4.39 Å². The Hall–Kier alpha value is -0.930. The number of nitrogens with one attached hydrogen (secondary N) is 1. The van der Waals surface area contributed by atoms with Crippen LogP contribution in [0.3, 0.4) is 0 Å². The van der Waals surface area contributed by atoms with Gasteiger partial charge in [0.1, 0.15) is 5.82 Å². The fraction of sp³-hybridized carbons (Fsp3) is 0.538. The van der Waals surface area contributed by atoms with E-state index in [0.29, 0.717) is 12.6 Å². The minimum atomic E-state index is -0.155. The van der Waals surface area contributed by atoms with Crippen molar-refractivity contribution in [2.75, 3.05) is 20.6 Å². The van der Waals surface area contributed by atoms with Crippen LogP contribution in [0.2, 0.25) is 0 Å². The molecule has 3 heteroatoms. The van der Waals surface area contributed by atoms with Crippen LogP contribution in [0.5, 0.6) is 0 Å². The Morgan fingerprint density at radius 3 is 2.56 bits per heavy atom. The van der Waals surface area contributed by atoms with Crippen molar-refractivity contribution in [1.29, 1.82) is 0 Å². The van der Waals surface area contributed by atoms with Crippen LogP contribution < -0.4 is 5.32 Å². The van der Waals surface area contributed by atoms with Gasteiger partial charge < -0.3 is 10.2 Å². The third kappa shape index (κ3) is 4.73. The van der Waals surface area contributed by atoms with Crippen LogP contribution >= 0.6 is 0 Å². The standard InChI is InChI=1S/C13H21FN2/c1-10-5-12(7-13(14)6-10)8-15-11(2)9-16(3)4/h5-7,11,15H,8-9H2,1-4H3. The maximum atomic E-state index is 13.1. The maximum absolute atomic E-state index is 13.1. The van der Waals surface area contributed by atoms with E-state index in [2.05, 4.69) is 17.1 Å². The highest BCUT2D eigenvalue weighted by atomic mass is 19.1. The highest BCUT2D eigenvalue weighted by Crippen LogP contribution is 2.08. The van der Waals surface area contributed by atoms with Gasteiger partial charge in [0.25, 0.3) is 0 Å². The summed E-state index contributed by atoms with van der Waals surface area (Å²) in [6.07, 6.45) is 0. The average molecular weight is 224 g/mol. The van der Waals surface area contributed by atoms with Gasteiger partial charge in [-0.2, -0.15) is 0 Å². The molecule has 0 saturated heterocycles. The first-order valence-electron chi connectivity index (χ1n) is 5.61. The van der Waals surface area contributed by atoms with Crippen molar-refractivity contribution in [1.82, 2.24) is 10.2 Å². The number of hydrogen-bond acceptors (Lipinski definition) is 2. The van der Waals surface area contributed by atoms with Crippen molar-refractivity contribution in [3.8, 4) is 0 Å². The fourth-order valence-electron chi connectivity index (χ4n) is 1.82. The Kier molecular flexibility index (Phi) is 4.90. The SMILES string of the molecule is Cc1cc(F)cc(CNC(C)CN(C)C)c1. The van der Waals surface area contributed by atoms with E-state index in [1.165, 1.54) is 0 Å². The largest absolute Gasteiger partial charge is 0.309 e. The molecular formula is C13H21FN2. The highest BCUT2D eigenvalue weighted by molar-refractivity contribution is 5.23. The minimum Gasteiger partial charge on any atom is -0.309 e. The van der Waals surface area contributed by atoms with E-state index >= 15 is 0 Å². The lowest BCUT2D eigenvalue weighted by Gasteiger charge is -2.18. The van der Waals surface area contributed by atoms with E-state index in [0.717, 1.165) is 17.7 Å². The van der Waals surface area contributed by atoms with Crippen molar-refractivity contribution in [2.45, 2.75) is 26.4 Å². The zero-order valence-electron chi connectivity index (χ0n) is 10.5. The molecule has 16 heavy (non-hydrogen) atoms. The topological polar surface area (TPSA) is 15.3 Å². The molecule has 1 rings (SSSR count). The first-order chi connectivity index (χ1) is 7.47. The summed E-state index contributed by atoms with van der Waals surface area (Å²) in [4.78, 5) is 2.13. The van der Waals surface area contributed by atoms with E-state index in [-0.39, 0.29) is 5.82 Å². The zero-order valence-corrected chi connectivity index (χ0v) is 10.5. The number of hydrogen-bond donors (Lipinski definition) is 1. The minimum absolute atomic E-state index is 0.155. The average Bonchev–Trinajstić information content (AvgIpc) is 2.12. The van der Waals surface area contributed by atoms with Crippen LogP contribution in [0.25, 0.3) is 0 Å². The summed E-state index contributed by atoms with van der Waals surface area (Å²) in [7, 11) is 4.09. The summed E-state index contributed by atoms with van der Waals surface area (Å²) >= 11 is 0. The molecule has 1 N–H and O–H groups in total. The number of rotatable bonds is 5. The van der Waals surface area contributed by atoms with Crippen molar-refractivity contribution in [3.05, 3.63) is 35.1 Å². The second-order valence-corrected chi connectivity index (χ2v) is 4.68. The molecule has 2 nitrogen and oxygen atoms in total. The number of aryl methyl sites for hydroxylation is 1. The second-order valence-electron chi connectivity index (χ2n) is 4.68. The van der Waals surface area contributed by atoms with Gasteiger partial charge in [-0.25, -0.2) is 4.39 Å². The Labute approximate surface area is 97.5 Å². The van der Waals surface area contributed by atoms with Crippen LogP contribution in [-0.2, 0) is 6.54 Å². The molecule has 1 aromatic carbocycles. The molecule has 1 unspecified atom stereocenters. The quantitative estimate of drug-likeness (QED) is 0.824. The van der Waals surface area contributed by atoms with Gasteiger partial charge >= 0.3 is 0 Å². The normalized spacial score (nSPS) is 13.1. The molecule has 0 aliphatic rings.